The molecule has 208 valence electrons. The van der Waals surface area contributed by atoms with Gasteiger partial charge >= 0.3 is 0 Å². The largest absolute Gasteiger partial charge is 0.497 e. The number of aryl methyl sites for hydroxylation is 2. The highest BCUT2D eigenvalue weighted by Gasteiger charge is 2.33. The van der Waals surface area contributed by atoms with Gasteiger partial charge in [-0.25, -0.2) is 8.42 Å². The van der Waals surface area contributed by atoms with Gasteiger partial charge in [0.15, 0.2) is 0 Å². The molecule has 0 aliphatic rings. The Balaban J connectivity index is 2.06. The zero-order valence-corrected chi connectivity index (χ0v) is 24.0. The first kappa shape index (κ1) is 29.7. The summed E-state index contributed by atoms with van der Waals surface area (Å²) in [7, 11) is -2.59. The van der Waals surface area contributed by atoms with Crippen molar-refractivity contribution in [2.45, 2.75) is 51.6 Å². The first-order valence-electron chi connectivity index (χ1n) is 13.0. The number of hydrogen-bond donors (Lipinski definition) is 1. The maximum absolute atomic E-state index is 14.0. The molecular weight excluding hydrogens is 514 g/mol. The molecule has 0 aliphatic carbocycles. The monoisotopic (exact) mass is 551 g/mol. The number of carbonyl (C=O) groups excluding carboxylic acids is 2. The molecular formula is C30H37N3O5S. The Morgan fingerprint density at radius 2 is 1.59 bits per heavy atom. The van der Waals surface area contributed by atoms with E-state index in [4.69, 9.17) is 4.74 Å². The quantitative estimate of drug-likeness (QED) is 0.359. The third-order valence-corrected chi connectivity index (χ3v) is 8.21. The number of likely N-dealkylation sites (N-methyl/N-ethyl adjacent to an activating group) is 1. The zero-order valence-electron chi connectivity index (χ0n) is 23.2. The Kier molecular flexibility index (Phi) is 10.1. The average molecular weight is 552 g/mol. The van der Waals surface area contributed by atoms with Gasteiger partial charge in [-0.05, 0) is 69.2 Å². The van der Waals surface area contributed by atoms with Gasteiger partial charge in [0.05, 0.1) is 17.7 Å². The minimum absolute atomic E-state index is 0.0673. The molecule has 3 aromatic rings. The van der Waals surface area contributed by atoms with Crippen LogP contribution in [0.5, 0.6) is 5.75 Å². The third-order valence-electron chi connectivity index (χ3n) is 6.42. The third kappa shape index (κ3) is 7.38. The molecule has 0 radical (unpaired) electrons. The number of methoxy groups -OCH3 is 1. The lowest BCUT2D eigenvalue weighted by molar-refractivity contribution is -0.140. The molecule has 9 heteroatoms. The molecule has 0 aromatic heterocycles. The summed E-state index contributed by atoms with van der Waals surface area (Å²) in [6.07, 6.45) is 0.372. The van der Waals surface area contributed by atoms with E-state index in [0.29, 0.717) is 24.4 Å². The number of nitrogens with one attached hydrogen (secondary N) is 1. The van der Waals surface area contributed by atoms with Crippen molar-refractivity contribution in [1.29, 1.82) is 0 Å². The second-order valence-corrected chi connectivity index (χ2v) is 11.2. The first-order chi connectivity index (χ1) is 18.6. The predicted molar refractivity (Wildman–Crippen MR) is 153 cm³/mol. The summed E-state index contributed by atoms with van der Waals surface area (Å²) >= 11 is 0. The summed E-state index contributed by atoms with van der Waals surface area (Å²) in [5.41, 5.74) is 3.10. The van der Waals surface area contributed by atoms with Crippen LogP contribution in [0.4, 0.5) is 5.69 Å². The highest BCUT2D eigenvalue weighted by molar-refractivity contribution is 7.92. The molecule has 0 saturated heterocycles. The molecule has 0 unspecified atom stereocenters. The minimum atomic E-state index is -4.12. The van der Waals surface area contributed by atoms with E-state index in [-0.39, 0.29) is 17.3 Å². The van der Waals surface area contributed by atoms with Crippen LogP contribution >= 0.6 is 0 Å². The Hall–Kier alpha value is -3.85. The van der Waals surface area contributed by atoms with Gasteiger partial charge in [-0.2, -0.15) is 0 Å². The normalized spacial score (nSPS) is 11.9. The van der Waals surface area contributed by atoms with Crippen molar-refractivity contribution in [3.63, 3.8) is 0 Å². The summed E-state index contributed by atoms with van der Waals surface area (Å²) in [6.45, 7) is 7.58. The van der Waals surface area contributed by atoms with E-state index in [2.05, 4.69) is 5.32 Å². The van der Waals surface area contributed by atoms with Crippen LogP contribution in [-0.2, 0) is 26.2 Å². The fourth-order valence-electron chi connectivity index (χ4n) is 4.33. The maximum Gasteiger partial charge on any atom is 0.264 e. The van der Waals surface area contributed by atoms with E-state index in [1.165, 1.54) is 24.1 Å². The number of amides is 2. The fourth-order valence-corrected chi connectivity index (χ4v) is 5.75. The first-order valence-corrected chi connectivity index (χ1v) is 14.4. The molecule has 3 aromatic carbocycles. The lowest BCUT2D eigenvalue weighted by Crippen LogP contribution is -2.52. The summed E-state index contributed by atoms with van der Waals surface area (Å²) < 4.78 is 34.1. The number of hydrogen-bond acceptors (Lipinski definition) is 5. The standard InChI is InChI=1S/C30H37N3O5S/c1-6-28(30(35)31-7-2)32(20-24-10-8-9-23(4)19-24)29(34)21-33(25-13-15-26(38-5)16-14-25)39(36,37)27-17-11-22(3)12-18-27/h8-19,28H,6-7,20-21H2,1-5H3,(H,31,35)/t28-/m1/s1. The van der Waals surface area contributed by atoms with E-state index in [9.17, 15) is 18.0 Å². The smallest absolute Gasteiger partial charge is 0.264 e. The summed E-state index contributed by atoms with van der Waals surface area (Å²) in [4.78, 5) is 28.5. The van der Waals surface area contributed by atoms with Gasteiger partial charge in [-0.3, -0.25) is 13.9 Å². The number of nitrogens with zero attached hydrogens (tertiary/aromatic N) is 2. The van der Waals surface area contributed by atoms with E-state index in [1.54, 1.807) is 36.4 Å². The van der Waals surface area contributed by atoms with Gasteiger partial charge in [-0.15, -0.1) is 0 Å². The SMILES string of the molecule is CCNC(=O)[C@@H](CC)N(Cc1cccc(C)c1)C(=O)CN(c1ccc(OC)cc1)S(=O)(=O)c1ccc(C)cc1. The second-order valence-electron chi connectivity index (χ2n) is 9.35. The Labute approximate surface area is 231 Å². The molecule has 0 spiro atoms. The molecule has 0 saturated carbocycles. The molecule has 0 aliphatic heterocycles. The van der Waals surface area contributed by atoms with E-state index in [0.717, 1.165) is 21.0 Å². The van der Waals surface area contributed by atoms with Gasteiger partial charge in [0.25, 0.3) is 10.0 Å². The molecule has 8 nitrogen and oxygen atoms in total. The summed E-state index contributed by atoms with van der Waals surface area (Å²) in [5, 5.41) is 2.81. The minimum Gasteiger partial charge on any atom is -0.497 e. The average Bonchev–Trinajstić information content (AvgIpc) is 2.92. The van der Waals surface area contributed by atoms with Gasteiger partial charge in [-0.1, -0.05) is 54.4 Å². The van der Waals surface area contributed by atoms with Crippen LogP contribution in [0.25, 0.3) is 0 Å². The molecule has 0 bridgehead atoms. The van der Waals surface area contributed by atoms with Crippen molar-refractivity contribution < 1.29 is 22.7 Å². The van der Waals surface area contributed by atoms with Gasteiger partial charge in [0.2, 0.25) is 11.8 Å². The molecule has 39 heavy (non-hydrogen) atoms. The topological polar surface area (TPSA) is 96.0 Å². The Morgan fingerprint density at radius 1 is 0.923 bits per heavy atom. The van der Waals surface area contributed by atoms with Crippen LogP contribution in [0.1, 0.15) is 37.0 Å². The summed E-state index contributed by atoms with van der Waals surface area (Å²) in [6, 6.07) is 19.9. The molecule has 2 amide bonds. The highest BCUT2D eigenvalue weighted by Crippen LogP contribution is 2.27. The van der Waals surface area contributed by atoms with Crippen LogP contribution in [0.15, 0.2) is 77.7 Å². The van der Waals surface area contributed by atoms with Crippen molar-refractivity contribution in [2.75, 3.05) is 24.5 Å². The maximum atomic E-state index is 14.0. The van der Waals surface area contributed by atoms with Gasteiger partial charge in [0, 0.05) is 13.1 Å². The Bertz CT molecular complexity index is 1370. The molecule has 1 N–H and O–H groups in total. The number of benzene rings is 3. The molecule has 1 atom stereocenters. The zero-order chi connectivity index (χ0) is 28.6. The molecule has 3 rings (SSSR count). The van der Waals surface area contributed by atoms with Crippen molar-refractivity contribution >= 4 is 27.5 Å². The van der Waals surface area contributed by atoms with E-state index >= 15 is 0 Å². The van der Waals surface area contributed by atoms with Crippen LogP contribution in [0.2, 0.25) is 0 Å². The van der Waals surface area contributed by atoms with Crippen LogP contribution < -0.4 is 14.4 Å². The van der Waals surface area contributed by atoms with E-state index < -0.39 is 28.5 Å². The van der Waals surface area contributed by atoms with Crippen LogP contribution in [0.3, 0.4) is 0 Å². The van der Waals surface area contributed by atoms with Crippen LogP contribution in [0, 0.1) is 13.8 Å². The van der Waals surface area contributed by atoms with Crippen molar-refractivity contribution in [2.24, 2.45) is 0 Å². The molecule has 0 heterocycles. The van der Waals surface area contributed by atoms with Gasteiger partial charge < -0.3 is 15.0 Å². The van der Waals surface area contributed by atoms with Crippen molar-refractivity contribution in [1.82, 2.24) is 10.2 Å². The highest BCUT2D eigenvalue weighted by atomic mass is 32.2. The number of carbonyl (C=O) groups is 2. The predicted octanol–water partition coefficient (Wildman–Crippen LogP) is 4.45. The number of rotatable bonds is 12. The number of sulfonamides is 1. The number of ether oxygens (including phenoxy) is 1. The summed E-state index contributed by atoms with van der Waals surface area (Å²) in [5.74, 6) is -0.208. The lowest BCUT2D eigenvalue weighted by atomic mass is 10.1. The lowest BCUT2D eigenvalue weighted by Gasteiger charge is -2.33. The second kappa shape index (κ2) is 13.3. The van der Waals surface area contributed by atoms with Gasteiger partial charge in [0.1, 0.15) is 18.3 Å². The number of anilines is 1. The van der Waals surface area contributed by atoms with Crippen LogP contribution in [-0.4, -0.2) is 51.4 Å². The molecule has 0 fully saturated rings. The van der Waals surface area contributed by atoms with Crippen molar-refractivity contribution in [3.05, 3.63) is 89.5 Å². The van der Waals surface area contributed by atoms with E-state index in [1.807, 2.05) is 52.0 Å². The Morgan fingerprint density at radius 3 is 2.15 bits per heavy atom. The fraction of sp³-hybridized carbons (Fsp3) is 0.333. The van der Waals surface area contributed by atoms with Crippen molar-refractivity contribution in [3.8, 4) is 5.75 Å².